The van der Waals surface area contributed by atoms with Crippen LogP contribution in [0.1, 0.15) is 23.1 Å². The molecule has 0 N–H and O–H groups in total. The first-order valence-corrected chi connectivity index (χ1v) is 4.84. The lowest BCUT2D eigenvalue weighted by atomic mass is 10.3. The number of carbonyl (C=O) groups excluding carboxylic acids is 1. The highest BCUT2D eigenvalue weighted by molar-refractivity contribution is 5.88. The third-order valence-electron chi connectivity index (χ3n) is 2.19. The quantitative estimate of drug-likeness (QED) is 0.701. The second kappa shape index (κ2) is 3.73. The lowest BCUT2D eigenvalue weighted by molar-refractivity contribution is 0.0517. The first-order valence-electron chi connectivity index (χ1n) is 4.84. The predicted octanol–water partition coefficient (Wildman–Crippen LogP) is 1.82. The van der Waals surface area contributed by atoms with E-state index in [4.69, 9.17) is 4.74 Å². The van der Waals surface area contributed by atoms with Crippen LogP contribution < -0.4 is 0 Å². The molecule has 0 saturated carbocycles. The van der Waals surface area contributed by atoms with E-state index in [0.29, 0.717) is 12.3 Å². The molecule has 0 spiro atoms. The van der Waals surface area contributed by atoms with Gasteiger partial charge < -0.3 is 4.74 Å². The van der Waals surface area contributed by atoms with Crippen molar-refractivity contribution < 1.29 is 9.53 Å². The summed E-state index contributed by atoms with van der Waals surface area (Å²) >= 11 is 0. The van der Waals surface area contributed by atoms with E-state index in [9.17, 15) is 4.79 Å². The van der Waals surface area contributed by atoms with E-state index < -0.39 is 0 Å². The molecule has 2 aromatic rings. The molecule has 0 unspecified atom stereocenters. The van der Waals surface area contributed by atoms with Crippen molar-refractivity contribution in [3.8, 4) is 0 Å². The number of imidazole rings is 1. The topological polar surface area (TPSA) is 43.6 Å². The summed E-state index contributed by atoms with van der Waals surface area (Å²) in [5.41, 5.74) is 2.20. The predicted molar refractivity (Wildman–Crippen MR) is 55.9 cm³/mol. The van der Waals surface area contributed by atoms with Crippen LogP contribution in [0.3, 0.4) is 0 Å². The molecule has 2 heterocycles. The molecular weight excluding hydrogens is 192 g/mol. The number of carbonyl (C=O) groups is 1. The second-order valence-corrected chi connectivity index (χ2v) is 3.22. The number of hydrogen-bond donors (Lipinski definition) is 0. The maximum Gasteiger partial charge on any atom is 0.355 e. The Kier molecular flexibility index (Phi) is 2.41. The van der Waals surface area contributed by atoms with Gasteiger partial charge in [0.05, 0.1) is 6.61 Å². The number of ether oxygens (including phenoxy) is 1. The normalized spacial score (nSPS) is 10.5. The van der Waals surface area contributed by atoms with Crippen molar-refractivity contribution in [2.24, 2.45) is 0 Å². The molecule has 0 aliphatic heterocycles. The summed E-state index contributed by atoms with van der Waals surface area (Å²) in [6, 6.07) is 5.39. The van der Waals surface area contributed by atoms with Gasteiger partial charge in [-0.25, -0.2) is 9.78 Å². The molecule has 2 rings (SSSR count). The Balaban J connectivity index is 2.59. The number of rotatable bonds is 2. The molecule has 0 saturated heterocycles. The van der Waals surface area contributed by atoms with Crippen LogP contribution >= 0.6 is 0 Å². The van der Waals surface area contributed by atoms with Crippen LogP contribution in [0.5, 0.6) is 0 Å². The molecule has 78 valence electrons. The molecule has 0 aromatic carbocycles. The summed E-state index contributed by atoms with van der Waals surface area (Å²) in [5.74, 6) is -0.316. The van der Waals surface area contributed by atoms with Crippen molar-refractivity contribution in [1.29, 1.82) is 0 Å². The number of fused-ring (bicyclic) bond motifs is 1. The Morgan fingerprint density at radius 3 is 3.07 bits per heavy atom. The number of nitrogens with zero attached hydrogens (tertiary/aromatic N) is 2. The van der Waals surface area contributed by atoms with E-state index in [-0.39, 0.29) is 5.97 Å². The van der Waals surface area contributed by atoms with Gasteiger partial charge in [-0.05, 0) is 26.0 Å². The van der Waals surface area contributed by atoms with Crippen molar-refractivity contribution in [2.75, 3.05) is 6.61 Å². The van der Waals surface area contributed by atoms with E-state index in [0.717, 1.165) is 11.3 Å². The minimum Gasteiger partial charge on any atom is -0.461 e. The largest absolute Gasteiger partial charge is 0.461 e. The zero-order valence-electron chi connectivity index (χ0n) is 8.73. The van der Waals surface area contributed by atoms with E-state index in [1.807, 2.05) is 13.0 Å². The van der Waals surface area contributed by atoms with Crippen LogP contribution in [0.15, 0.2) is 24.4 Å². The van der Waals surface area contributed by atoms with Crippen LogP contribution in [0.25, 0.3) is 5.65 Å². The molecule has 0 bridgehead atoms. The van der Waals surface area contributed by atoms with Crippen LogP contribution in [-0.2, 0) is 4.74 Å². The van der Waals surface area contributed by atoms with Gasteiger partial charge in [0.2, 0.25) is 0 Å². The van der Waals surface area contributed by atoms with Crippen molar-refractivity contribution in [3.05, 3.63) is 35.8 Å². The van der Waals surface area contributed by atoms with Crippen molar-refractivity contribution in [3.63, 3.8) is 0 Å². The molecule has 0 atom stereocenters. The zero-order chi connectivity index (χ0) is 10.8. The third kappa shape index (κ3) is 1.58. The summed E-state index contributed by atoms with van der Waals surface area (Å²) in [5, 5.41) is 0. The zero-order valence-corrected chi connectivity index (χ0v) is 8.73. The molecule has 0 radical (unpaired) electrons. The smallest absolute Gasteiger partial charge is 0.355 e. The first-order chi connectivity index (χ1) is 7.24. The molecule has 0 aliphatic carbocycles. The van der Waals surface area contributed by atoms with Crippen molar-refractivity contribution in [2.45, 2.75) is 13.8 Å². The molecule has 0 aliphatic rings. The van der Waals surface area contributed by atoms with Gasteiger partial charge in [-0.15, -0.1) is 0 Å². The van der Waals surface area contributed by atoms with Crippen LogP contribution in [0, 0.1) is 6.92 Å². The van der Waals surface area contributed by atoms with Gasteiger partial charge in [-0.3, -0.25) is 4.40 Å². The summed E-state index contributed by atoms with van der Waals surface area (Å²) < 4.78 is 6.76. The lowest BCUT2D eigenvalue weighted by Crippen LogP contribution is -2.10. The van der Waals surface area contributed by atoms with E-state index in [1.165, 1.54) is 0 Å². The van der Waals surface area contributed by atoms with Gasteiger partial charge in [0.25, 0.3) is 0 Å². The monoisotopic (exact) mass is 204 g/mol. The number of pyridine rings is 1. The Hall–Kier alpha value is -1.84. The summed E-state index contributed by atoms with van der Waals surface area (Å²) in [6.07, 6.45) is 1.73. The summed E-state index contributed by atoms with van der Waals surface area (Å²) in [4.78, 5) is 15.8. The molecule has 0 fully saturated rings. The average Bonchev–Trinajstić information content (AvgIpc) is 2.61. The molecule has 2 aromatic heterocycles. The summed E-state index contributed by atoms with van der Waals surface area (Å²) in [6.45, 7) is 4.07. The Morgan fingerprint density at radius 2 is 2.33 bits per heavy atom. The highest BCUT2D eigenvalue weighted by atomic mass is 16.5. The Labute approximate surface area is 87.5 Å². The Morgan fingerprint density at radius 1 is 1.53 bits per heavy atom. The fourth-order valence-electron chi connectivity index (χ4n) is 1.55. The minimum atomic E-state index is -0.316. The van der Waals surface area contributed by atoms with E-state index in [1.54, 1.807) is 29.7 Å². The fourth-order valence-corrected chi connectivity index (χ4v) is 1.55. The maximum atomic E-state index is 11.6. The molecule has 4 nitrogen and oxygen atoms in total. The van der Waals surface area contributed by atoms with Crippen LogP contribution in [0.4, 0.5) is 0 Å². The van der Waals surface area contributed by atoms with Crippen molar-refractivity contribution in [1.82, 2.24) is 9.38 Å². The highest BCUT2D eigenvalue weighted by Crippen LogP contribution is 2.10. The lowest BCUT2D eigenvalue weighted by Gasteiger charge is -2.05. The van der Waals surface area contributed by atoms with Gasteiger partial charge in [-0.2, -0.15) is 0 Å². The fraction of sp³-hybridized carbons (Fsp3) is 0.273. The molecule has 4 heteroatoms. The van der Waals surface area contributed by atoms with E-state index >= 15 is 0 Å². The molecular formula is C11H12N2O2. The number of aromatic nitrogens is 2. The van der Waals surface area contributed by atoms with Crippen LogP contribution in [0.2, 0.25) is 0 Å². The van der Waals surface area contributed by atoms with Gasteiger partial charge >= 0.3 is 5.97 Å². The van der Waals surface area contributed by atoms with Crippen LogP contribution in [-0.4, -0.2) is 22.0 Å². The standard InChI is InChI=1S/C11H12N2O2/c1-3-15-11(14)9-5-4-6-10-12-7-8(2)13(9)10/h4-7H,3H2,1-2H3. The summed E-state index contributed by atoms with van der Waals surface area (Å²) in [7, 11) is 0. The van der Waals surface area contributed by atoms with Gasteiger partial charge in [0.15, 0.2) is 0 Å². The maximum absolute atomic E-state index is 11.6. The van der Waals surface area contributed by atoms with Gasteiger partial charge in [-0.1, -0.05) is 6.07 Å². The number of aryl methyl sites for hydroxylation is 1. The van der Waals surface area contributed by atoms with E-state index in [2.05, 4.69) is 4.98 Å². The molecule has 0 amide bonds. The molecule has 15 heavy (non-hydrogen) atoms. The van der Waals surface area contributed by atoms with Crippen molar-refractivity contribution >= 4 is 11.6 Å². The second-order valence-electron chi connectivity index (χ2n) is 3.22. The highest BCUT2D eigenvalue weighted by Gasteiger charge is 2.12. The third-order valence-corrected chi connectivity index (χ3v) is 2.19. The average molecular weight is 204 g/mol. The Bertz CT molecular complexity index is 502. The first kappa shape index (κ1) is 9.71. The minimum absolute atomic E-state index is 0.316. The SMILES string of the molecule is CCOC(=O)c1cccc2ncc(C)n12. The number of hydrogen-bond acceptors (Lipinski definition) is 3. The number of esters is 1. The van der Waals surface area contributed by atoms with Gasteiger partial charge in [0.1, 0.15) is 11.3 Å². The van der Waals surface area contributed by atoms with Gasteiger partial charge in [0, 0.05) is 11.9 Å².